The van der Waals surface area contributed by atoms with Gasteiger partial charge in [-0.3, -0.25) is 10.1 Å². The van der Waals surface area contributed by atoms with Gasteiger partial charge in [0.05, 0.1) is 7.11 Å². The number of rotatable bonds is 8. The lowest BCUT2D eigenvalue weighted by molar-refractivity contribution is -0.115. The minimum absolute atomic E-state index is 0.179. The van der Waals surface area contributed by atoms with Crippen LogP contribution in [0.3, 0.4) is 0 Å². The topological polar surface area (TPSA) is 50.8 Å². The second-order valence-corrected chi connectivity index (χ2v) is 7.69. The summed E-state index contributed by atoms with van der Waals surface area (Å²) in [5.41, 5.74) is 2.48. The Kier molecular flexibility index (Phi) is 6.88. The van der Waals surface area contributed by atoms with Crippen molar-refractivity contribution in [3.05, 3.63) is 65.4 Å². The molecule has 0 atom stereocenters. The maximum atomic E-state index is 12.4. The van der Waals surface area contributed by atoms with E-state index in [0.717, 1.165) is 17.5 Å². The molecular weight excluding hydrogens is 384 g/mol. The molecule has 1 amide bonds. The van der Waals surface area contributed by atoms with Gasteiger partial charge in [-0.15, -0.1) is 0 Å². The number of nitrogens with one attached hydrogen (secondary N) is 1. The lowest BCUT2D eigenvalue weighted by Gasteiger charge is -2.18. The smallest absolute Gasteiger partial charge is 0.274 e. The van der Waals surface area contributed by atoms with Crippen molar-refractivity contribution < 1.29 is 14.3 Å². The number of hydrogen-bond donors (Lipinski definition) is 1. The number of carbonyl (C=O) groups excluding carboxylic acids is 1. The summed E-state index contributed by atoms with van der Waals surface area (Å²) in [6.07, 6.45) is 2.78. The van der Waals surface area contributed by atoms with E-state index >= 15 is 0 Å². The molecule has 1 fully saturated rings. The highest BCUT2D eigenvalue weighted by molar-refractivity contribution is 7.80. The average molecular weight is 411 g/mol. The van der Waals surface area contributed by atoms with Gasteiger partial charge in [0.1, 0.15) is 12.3 Å². The van der Waals surface area contributed by atoms with E-state index in [1.54, 1.807) is 7.11 Å². The Balaban J connectivity index is 1.79. The molecular formula is C23H26N2O3S. The summed E-state index contributed by atoms with van der Waals surface area (Å²) in [6, 6.07) is 15.6. The minimum atomic E-state index is -0.179. The van der Waals surface area contributed by atoms with Crippen LogP contribution in [0.25, 0.3) is 6.08 Å². The summed E-state index contributed by atoms with van der Waals surface area (Å²) < 4.78 is 11.4. The minimum Gasteiger partial charge on any atom is -0.493 e. The van der Waals surface area contributed by atoms with Crippen molar-refractivity contribution in [1.82, 2.24) is 10.2 Å². The Bertz CT molecular complexity index is 910. The second-order valence-electron chi connectivity index (χ2n) is 7.31. The van der Waals surface area contributed by atoms with Crippen LogP contribution in [0, 0.1) is 5.92 Å². The summed E-state index contributed by atoms with van der Waals surface area (Å²) in [4.78, 5) is 14.2. The predicted molar refractivity (Wildman–Crippen MR) is 119 cm³/mol. The lowest BCUT2D eigenvalue weighted by atomic mass is 10.1. The molecule has 5 nitrogen and oxygen atoms in total. The van der Waals surface area contributed by atoms with E-state index in [1.807, 2.05) is 59.5 Å². The molecule has 0 saturated carbocycles. The van der Waals surface area contributed by atoms with Crippen molar-refractivity contribution in [3.8, 4) is 11.5 Å². The molecule has 0 aromatic heterocycles. The number of carbonyl (C=O) groups is 1. The van der Waals surface area contributed by atoms with E-state index in [9.17, 15) is 4.79 Å². The first-order valence-corrected chi connectivity index (χ1v) is 10.1. The standard InChI is InChI=1S/C23H26N2O3S/c1-16(2)11-12-25-19(22(26)24-23(25)29)13-18-9-10-20(21(14-18)27-3)28-15-17-7-5-4-6-8-17/h4-10,13-14,16H,11-12,15H2,1-3H3,(H,24,26,29)/b19-13+. The normalized spacial score (nSPS) is 15.2. The summed E-state index contributed by atoms with van der Waals surface area (Å²) in [7, 11) is 1.61. The van der Waals surface area contributed by atoms with Gasteiger partial charge >= 0.3 is 0 Å². The van der Waals surface area contributed by atoms with E-state index in [-0.39, 0.29) is 5.91 Å². The number of nitrogens with zero attached hydrogens (tertiary/aromatic N) is 1. The van der Waals surface area contributed by atoms with Crippen LogP contribution >= 0.6 is 12.2 Å². The van der Waals surface area contributed by atoms with E-state index < -0.39 is 0 Å². The Hall–Kier alpha value is -2.86. The Morgan fingerprint density at radius 2 is 1.90 bits per heavy atom. The van der Waals surface area contributed by atoms with Crippen molar-refractivity contribution in [1.29, 1.82) is 0 Å². The van der Waals surface area contributed by atoms with Crippen LogP contribution in [0.4, 0.5) is 0 Å². The van der Waals surface area contributed by atoms with Crippen molar-refractivity contribution in [2.75, 3.05) is 13.7 Å². The van der Waals surface area contributed by atoms with Gasteiger partial charge in [-0.05, 0) is 53.9 Å². The Morgan fingerprint density at radius 3 is 2.59 bits per heavy atom. The highest BCUT2D eigenvalue weighted by Gasteiger charge is 2.29. The number of methoxy groups -OCH3 is 1. The lowest BCUT2D eigenvalue weighted by Crippen LogP contribution is -2.28. The van der Waals surface area contributed by atoms with Gasteiger partial charge in [-0.2, -0.15) is 0 Å². The van der Waals surface area contributed by atoms with Crippen LogP contribution in [0.2, 0.25) is 0 Å². The first kappa shape index (κ1) is 20.9. The quantitative estimate of drug-likeness (QED) is 0.517. The zero-order valence-electron chi connectivity index (χ0n) is 17.0. The molecule has 3 rings (SSSR count). The second kappa shape index (κ2) is 9.56. The SMILES string of the molecule is COc1cc(/C=C2\C(=O)NC(=S)N2CCC(C)C)ccc1OCc1ccccc1. The number of ether oxygens (including phenoxy) is 2. The third-order valence-corrected chi connectivity index (χ3v) is 4.97. The average Bonchev–Trinajstić information content (AvgIpc) is 2.98. The number of amides is 1. The third-order valence-electron chi connectivity index (χ3n) is 4.65. The summed E-state index contributed by atoms with van der Waals surface area (Å²) in [5.74, 6) is 1.62. The fourth-order valence-corrected chi connectivity index (χ4v) is 3.28. The highest BCUT2D eigenvalue weighted by Crippen LogP contribution is 2.30. The zero-order chi connectivity index (χ0) is 20.8. The van der Waals surface area contributed by atoms with Crippen molar-refractivity contribution in [3.63, 3.8) is 0 Å². The maximum Gasteiger partial charge on any atom is 0.274 e. The van der Waals surface area contributed by atoms with Crippen LogP contribution in [0.5, 0.6) is 11.5 Å². The zero-order valence-corrected chi connectivity index (χ0v) is 17.8. The molecule has 0 radical (unpaired) electrons. The molecule has 1 N–H and O–H groups in total. The Morgan fingerprint density at radius 1 is 1.14 bits per heavy atom. The summed E-state index contributed by atoms with van der Waals surface area (Å²) >= 11 is 5.32. The first-order valence-electron chi connectivity index (χ1n) is 9.67. The fraction of sp³-hybridized carbons (Fsp3) is 0.304. The summed E-state index contributed by atoms with van der Waals surface area (Å²) in [6.45, 7) is 5.46. The number of thiocarbonyl (C=S) groups is 1. The van der Waals surface area contributed by atoms with E-state index in [1.165, 1.54) is 0 Å². The molecule has 0 aliphatic carbocycles. The van der Waals surface area contributed by atoms with Gasteiger partial charge < -0.3 is 14.4 Å². The number of benzene rings is 2. The molecule has 2 aromatic rings. The number of hydrogen-bond acceptors (Lipinski definition) is 4. The molecule has 1 aliphatic rings. The van der Waals surface area contributed by atoms with Gasteiger partial charge in [-0.1, -0.05) is 50.2 Å². The highest BCUT2D eigenvalue weighted by atomic mass is 32.1. The van der Waals surface area contributed by atoms with Gasteiger partial charge in [0.2, 0.25) is 0 Å². The molecule has 29 heavy (non-hydrogen) atoms. The predicted octanol–water partition coefficient (Wildman–Crippen LogP) is 4.38. The molecule has 2 aromatic carbocycles. The fourth-order valence-electron chi connectivity index (χ4n) is 3.00. The first-order chi connectivity index (χ1) is 14.0. The largest absolute Gasteiger partial charge is 0.493 e. The van der Waals surface area contributed by atoms with Crippen LogP contribution in [-0.2, 0) is 11.4 Å². The van der Waals surface area contributed by atoms with Gasteiger partial charge in [0.15, 0.2) is 16.6 Å². The van der Waals surface area contributed by atoms with Crippen molar-refractivity contribution >= 4 is 29.3 Å². The maximum absolute atomic E-state index is 12.4. The molecule has 0 spiro atoms. The van der Waals surface area contributed by atoms with Crippen LogP contribution in [-0.4, -0.2) is 29.6 Å². The van der Waals surface area contributed by atoms with E-state index in [4.69, 9.17) is 21.7 Å². The summed E-state index contributed by atoms with van der Waals surface area (Å²) in [5, 5.41) is 3.19. The van der Waals surface area contributed by atoms with E-state index in [0.29, 0.717) is 41.4 Å². The van der Waals surface area contributed by atoms with Gasteiger partial charge in [-0.25, -0.2) is 0 Å². The Labute approximate surface area is 177 Å². The van der Waals surface area contributed by atoms with Crippen molar-refractivity contribution in [2.45, 2.75) is 26.9 Å². The van der Waals surface area contributed by atoms with Crippen LogP contribution < -0.4 is 14.8 Å². The molecule has 0 unspecified atom stereocenters. The molecule has 152 valence electrons. The molecule has 6 heteroatoms. The third kappa shape index (κ3) is 5.35. The van der Waals surface area contributed by atoms with Gasteiger partial charge in [0, 0.05) is 6.54 Å². The van der Waals surface area contributed by atoms with Crippen LogP contribution in [0.1, 0.15) is 31.4 Å². The van der Waals surface area contributed by atoms with Crippen LogP contribution in [0.15, 0.2) is 54.2 Å². The molecule has 0 bridgehead atoms. The van der Waals surface area contributed by atoms with E-state index in [2.05, 4.69) is 19.2 Å². The van der Waals surface area contributed by atoms with Crippen molar-refractivity contribution in [2.24, 2.45) is 5.92 Å². The molecule has 1 heterocycles. The molecule has 1 aliphatic heterocycles. The molecule has 1 saturated heterocycles. The monoisotopic (exact) mass is 410 g/mol. The van der Waals surface area contributed by atoms with Gasteiger partial charge in [0.25, 0.3) is 5.91 Å².